The van der Waals surface area contributed by atoms with Gasteiger partial charge in [-0.2, -0.15) is 0 Å². The van der Waals surface area contributed by atoms with Gasteiger partial charge < -0.3 is 25.1 Å². The number of anilines is 2. The van der Waals surface area contributed by atoms with Gasteiger partial charge in [0.15, 0.2) is 11.5 Å². The minimum Gasteiger partial charge on any atom is -0.493 e. The molecule has 1 aromatic heterocycles. The Morgan fingerprint density at radius 1 is 0.667 bits per heavy atom. The first-order valence-electron chi connectivity index (χ1n) is 13.5. The van der Waals surface area contributed by atoms with Gasteiger partial charge in [0.1, 0.15) is 0 Å². The molecule has 202 valence electrons. The van der Waals surface area contributed by atoms with Gasteiger partial charge in [0.05, 0.1) is 53.8 Å². The van der Waals surface area contributed by atoms with Gasteiger partial charge in [0, 0.05) is 29.9 Å². The van der Waals surface area contributed by atoms with Crippen molar-refractivity contribution in [3.8, 4) is 11.5 Å². The normalized spacial score (nSPS) is 16.6. The number of ether oxygens (including phenoxy) is 2. The molecule has 0 fully saturated rings. The minimum absolute atomic E-state index is 0.641. The molecule has 3 aliphatic heterocycles. The highest BCUT2D eigenvalue weighted by molar-refractivity contribution is 6.24. The second-order valence-electron chi connectivity index (χ2n) is 10.00. The van der Waals surface area contributed by atoms with E-state index in [1.54, 1.807) is 14.2 Å². The molecule has 0 atom stereocenters. The zero-order valence-corrected chi connectivity index (χ0v) is 24.1. The number of aromatic nitrogens is 1. The van der Waals surface area contributed by atoms with Crippen molar-refractivity contribution in [2.45, 2.75) is 54.4 Å². The van der Waals surface area contributed by atoms with Crippen LogP contribution in [0, 0.1) is 13.8 Å². The number of nitrogens with zero attached hydrogens (tertiary/aromatic N) is 2. The Labute approximate surface area is 230 Å². The van der Waals surface area contributed by atoms with Crippen LogP contribution >= 0.6 is 0 Å². The molecule has 0 unspecified atom stereocenters. The zero-order valence-electron chi connectivity index (χ0n) is 24.1. The summed E-state index contributed by atoms with van der Waals surface area (Å²) in [6.07, 6.45) is 10.1. The van der Waals surface area contributed by atoms with Gasteiger partial charge >= 0.3 is 0 Å². The zero-order chi connectivity index (χ0) is 27.8. The van der Waals surface area contributed by atoms with Crippen molar-refractivity contribution in [3.63, 3.8) is 0 Å². The van der Waals surface area contributed by atoms with Gasteiger partial charge in [0.2, 0.25) is 0 Å². The van der Waals surface area contributed by atoms with E-state index in [9.17, 15) is 0 Å². The number of methoxy groups -OCH3 is 2. The molecule has 5 rings (SSSR count). The number of benzene rings is 1. The van der Waals surface area contributed by atoms with E-state index < -0.39 is 0 Å². The molecule has 1 aromatic carbocycles. The van der Waals surface area contributed by atoms with Gasteiger partial charge in [0.25, 0.3) is 0 Å². The molecule has 0 amide bonds. The van der Waals surface area contributed by atoms with Gasteiger partial charge in [-0.1, -0.05) is 13.8 Å². The van der Waals surface area contributed by atoms with E-state index in [0.29, 0.717) is 11.5 Å². The fourth-order valence-corrected chi connectivity index (χ4v) is 5.27. The first-order chi connectivity index (χ1) is 18.8. The molecule has 0 saturated carbocycles. The van der Waals surface area contributed by atoms with Crippen LogP contribution in [0.25, 0.3) is 12.3 Å². The number of hydrogen-bond acceptors (Lipinski definition) is 6. The highest BCUT2D eigenvalue weighted by Gasteiger charge is 2.23. The Bertz CT molecular complexity index is 1680. The predicted molar refractivity (Wildman–Crippen MR) is 162 cm³/mol. The summed E-state index contributed by atoms with van der Waals surface area (Å²) in [5.74, 6) is 1.29. The van der Waals surface area contributed by atoms with Crippen molar-refractivity contribution in [2.75, 3.05) is 24.9 Å². The number of aliphatic imine (C=N–C) groups is 2. The van der Waals surface area contributed by atoms with E-state index in [1.165, 1.54) is 22.3 Å². The highest BCUT2D eigenvalue weighted by Crippen LogP contribution is 2.37. The minimum atomic E-state index is 0.641. The first-order valence-corrected chi connectivity index (χ1v) is 13.5. The maximum Gasteiger partial charge on any atom is 0.162 e. The molecule has 6 bridgehead atoms. The van der Waals surface area contributed by atoms with Crippen LogP contribution in [0.5, 0.6) is 11.5 Å². The average molecular weight is 524 g/mol. The van der Waals surface area contributed by atoms with Crippen LogP contribution in [-0.2, 0) is 0 Å². The van der Waals surface area contributed by atoms with Crippen LogP contribution in [0.15, 0.2) is 68.1 Å². The van der Waals surface area contributed by atoms with E-state index in [1.807, 2.05) is 24.5 Å². The lowest BCUT2D eigenvalue weighted by Gasteiger charge is -2.15. The third kappa shape index (κ3) is 4.62. The van der Waals surface area contributed by atoms with Crippen LogP contribution < -0.4 is 30.8 Å². The molecule has 0 radical (unpaired) electrons. The van der Waals surface area contributed by atoms with Crippen LogP contribution in [-0.4, -0.2) is 30.6 Å². The monoisotopic (exact) mass is 523 g/mol. The number of rotatable bonds is 4. The summed E-state index contributed by atoms with van der Waals surface area (Å²) >= 11 is 0. The maximum absolute atomic E-state index is 5.59. The largest absolute Gasteiger partial charge is 0.493 e. The van der Waals surface area contributed by atoms with E-state index in [0.717, 1.165) is 68.9 Å². The number of hydrogen-bond donors (Lipinski definition) is 3. The molecule has 7 heteroatoms. The quantitative estimate of drug-likeness (QED) is 0.474. The number of allylic oxidation sites excluding steroid dienone is 5. The Morgan fingerprint density at radius 3 is 1.87 bits per heavy atom. The molecule has 4 heterocycles. The molecule has 3 N–H and O–H groups in total. The molecule has 3 aliphatic rings. The van der Waals surface area contributed by atoms with Crippen molar-refractivity contribution in [3.05, 3.63) is 79.9 Å². The van der Waals surface area contributed by atoms with Crippen LogP contribution in [0.2, 0.25) is 0 Å². The van der Waals surface area contributed by atoms with Crippen molar-refractivity contribution in [2.24, 2.45) is 9.98 Å². The second kappa shape index (κ2) is 10.5. The average Bonchev–Trinajstić information content (AvgIpc) is 3.52. The summed E-state index contributed by atoms with van der Waals surface area (Å²) < 4.78 is 11.2. The molecular weight excluding hydrogens is 486 g/mol. The predicted octanol–water partition coefficient (Wildman–Crippen LogP) is 5.79. The molecule has 0 aliphatic carbocycles. The van der Waals surface area contributed by atoms with Gasteiger partial charge in [-0.3, -0.25) is 0 Å². The highest BCUT2D eigenvalue weighted by atomic mass is 16.5. The van der Waals surface area contributed by atoms with Crippen LogP contribution in [0.1, 0.15) is 51.7 Å². The smallest absolute Gasteiger partial charge is 0.162 e. The Balaban J connectivity index is 1.77. The lowest BCUT2D eigenvalue weighted by Crippen LogP contribution is -2.15. The summed E-state index contributed by atoms with van der Waals surface area (Å²) in [5.41, 5.74) is 12.8. The number of aromatic amines is 1. The summed E-state index contributed by atoms with van der Waals surface area (Å²) in [6, 6.07) is 3.86. The summed E-state index contributed by atoms with van der Waals surface area (Å²) in [4.78, 5) is 13.7. The maximum atomic E-state index is 5.59. The van der Waals surface area contributed by atoms with E-state index in [4.69, 9.17) is 19.5 Å². The summed E-state index contributed by atoms with van der Waals surface area (Å²) in [6.45, 7) is 12.9. The summed E-state index contributed by atoms with van der Waals surface area (Å²) in [5, 5.41) is 9.02. The van der Waals surface area contributed by atoms with Crippen LogP contribution in [0.4, 0.5) is 11.4 Å². The molecule has 0 saturated heterocycles. The van der Waals surface area contributed by atoms with Gasteiger partial charge in [-0.05, 0) is 86.1 Å². The third-order valence-corrected chi connectivity index (χ3v) is 7.96. The van der Waals surface area contributed by atoms with Crippen molar-refractivity contribution >= 4 is 35.1 Å². The van der Waals surface area contributed by atoms with Gasteiger partial charge in [-0.25, -0.2) is 9.98 Å². The fraction of sp³-hybridized carbons (Fsp3) is 0.312. The first kappa shape index (κ1) is 26.4. The van der Waals surface area contributed by atoms with Crippen molar-refractivity contribution in [1.82, 2.24) is 4.98 Å². The summed E-state index contributed by atoms with van der Waals surface area (Å²) in [7, 11) is 3.28. The molecular formula is C32H37N5O2. The standard InChI is InChI=1S/C32H37N5O2/c1-9-21-22(10-2)26-12-24-18(4)20(6)30(36-24)16-34-28-14-32(39-8)31(38-7)13-27(28)33-15-29-19(5)17(3)23(35-29)11-25(21)37-26/h11-16,33-35H,9-10H2,1-8H3. The van der Waals surface area contributed by atoms with Gasteiger partial charge in [-0.15, -0.1) is 0 Å². The van der Waals surface area contributed by atoms with E-state index in [2.05, 4.69) is 69.3 Å². The number of H-pyrrole nitrogens is 1. The lowest BCUT2D eigenvalue weighted by molar-refractivity contribution is 0.355. The third-order valence-electron chi connectivity index (χ3n) is 7.96. The fourth-order valence-electron chi connectivity index (χ4n) is 5.27. The Morgan fingerprint density at radius 2 is 1.26 bits per heavy atom. The Kier molecular flexibility index (Phi) is 7.08. The Hall–Kier alpha value is -4.26. The molecule has 7 nitrogen and oxygen atoms in total. The second-order valence-corrected chi connectivity index (χ2v) is 10.00. The van der Waals surface area contributed by atoms with E-state index in [-0.39, 0.29) is 0 Å². The SMILES string of the molecule is CCC1=C(CC)C2=NC1=CC1=NC(=CNc3cc(OC)c(OC)cc3NC=c3[nH]c(c(C)c3C)=C2)C(C)=C1C. The van der Waals surface area contributed by atoms with E-state index >= 15 is 0 Å². The molecule has 39 heavy (non-hydrogen) atoms. The molecule has 2 aromatic rings. The lowest BCUT2D eigenvalue weighted by atomic mass is 9.98. The van der Waals surface area contributed by atoms with Crippen LogP contribution in [0.3, 0.4) is 0 Å². The van der Waals surface area contributed by atoms with Crippen molar-refractivity contribution in [1.29, 1.82) is 0 Å². The number of nitrogens with one attached hydrogen (secondary N) is 3. The molecule has 0 spiro atoms. The van der Waals surface area contributed by atoms with Crippen molar-refractivity contribution < 1.29 is 9.47 Å². The topological polar surface area (TPSA) is 83.0 Å². The number of fused-ring (bicyclic) bond motifs is 5.